The van der Waals surface area contributed by atoms with Gasteiger partial charge in [-0.25, -0.2) is 0 Å². The van der Waals surface area contributed by atoms with Crippen molar-refractivity contribution in [2.24, 2.45) is 5.92 Å². The SMILES string of the molecule is CC(CN1CCN(C#N)CC1)CN1c2ccccc2CCc2ccccc21. The molecule has 1 unspecified atom stereocenters. The Labute approximate surface area is 162 Å². The zero-order valence-electron chi connectivity index (χ0n) is 16.1. The normalized spacial score (nSPS) is 18.2. The molecule has 4 nitrogen and oxygen atoms in total. The summed E-state index contributed by atoms with van der Waals surface area (Å²) in [6.45, 7) is 8.16. The van der Waals surface area contributed by atoms with Crippen molar-refractivity contribution in [3.63, 3.8) is 0 Å². The molecule has 2 aromatic carbocycles. The van der Waals surface area contributed by atoms with Crippen LogP contribution in [0, 0.1) is 17.4 Å². The third-order valence-electron chi connectivity index (χ3n) is 5.81. The quantitative estimate of drug-likeness (QED) is 0.779. The van der Waals surface area contributed by atoms with Crippen molar-refractivity contribution in [3.8, 4) is 6.19 Å². The van der Waals surface area contributed by atoms with Crippen molar-refractivity contribution in [1.82, 2.24) is 9.80 Å². The minimum Gasteiger partial charge on any atom is -0.341 e. The molecule has 2 aliphatic heterocycles. The number of rotatable bonds is 4. The third-order valence-corrected chi connectivity index (χ3v) is 5.81. The van der Waals surface area contributed by atoms with Crippen LogP contribution in [0.15, 0.2) is 48.5 Å². The van der Waals surface area contributed by atoms with Crippen molar-refractivity contribution >= 4 is 11.4 Å². The number of benzene rings is 2. The van der Waals surface area contributed by atoms with Gasteiger partial charge in [-0.3, -0.25) is 4.90 Å². The second-order valence-electron chi connectivity index (χ2n) is 7.86. The predicted molar refractivity (Wildman–Crippen MR) is 110 cm³/mol. The third kappa shape index (κ3) is 3.94. The Balaban J connectivity index is 1.52. The fourth-order valence-electron chi connectivity index (χ4n) is 4.41. The summed E-state index contributed by atoms with van der Waals surface area (Å²) in [7, 11) is 0. The molecule has 0 amide bonds. The molecule has 0 aliphatic carbocycles. The molecule has 4 rings (SSSR count). The zero-order chi connectivity index (χ0) is 18.6. The van der Waals surface area contributed by atoms with Crippen LogP contribution in [0.4, 0.5) is 11.4 Å². The van der Waals surface area contributed by atoms with Crippen molar-refractivity contribution in [1.29, 1.82) is 5.26 Å². The average molecular weight is 361 g/mol. The van der Waals surface area contributed by atoms with Crippen LogP contribution in [0.1, 0.15) is 18.1 Å². The highest BCUT2D eigenvalue weighted by molar-refractivity contribution is 5.71. The molecule has 2 heterocycles. The lowest BCUT2D eigenvalue weighted by Gasteiger charge is -2.35. The van der Waals surface area contributed by atoms with E-state index in [1.165, 1.54) is 22.5 Å². The number of anilines is 2. The van der Waals surface area contributed by atoms with Gasteiger partial charge >= 0.3 is 0 Å². The number of hydrogen-bond donors (Lipinski definition) is 0. The van der Waals surface area contributed by atoms with Crippen molar-refractivity contribution < 1.29 is 0 Å². The second-order valence-corrected chi connectivity index (χ2v) is 7.86. The number of aryl methyl sites for hydroxylation is 2. The van der Waals surface area contributed by atoms with Gasteiger partial charge in [-0.05, 0) is 42.0 Å². The summed E-state index contributed by atoms with van der Waals surface area (Å²) in [6, 6.07) is 17.7. The summed E-state index contributed by atoms with van der Waals surface area (Å²) in [6.07, 6.45) is 4.48. The van der Waals surface area contributed by atoms with Crippen LogP contribution in [0.25, 0.3) is 0 Å². The summed E-state index contributed by atoms with van der Waals surface area (Å²) in [5, 5.41) is 9.04. The smallest absolute Gasteiger partial charge is 0.179 e. The van der Waals surface area contributed by atoms with Crippen LogP contribution in [0.5, 0.6) is 0 Å². The van der Waals surface area contributed by atoms with Gasteiger partial charge < -0.3 is 9.80 Å². The largest absolute Gasteiger partial charge is 0.341 e. The lowest BCUT2D eigenvalue weighted by atomic mass is 10.0. The van der Waals surface area contributed by atoms with Crippen molar-refractivity contribution in [2.75, 3.05) is 44.2 Å². The molecule has 0 N–H and O–H groups in total. The second kappa shape index (κ2) is 8.02. The Morgan fingerprint density at radius 3 is 1.96 bits per heavy atom. The van der Waals surface area contributed by atoms with Gasteiger partial charge in [0.2, 0.25) is 0 Å². The number of fused-ring (bicyclic) bond motifs is 2. The highest BCUT2D eigenvalue weighted by atomic mass is 15.3. The fraction of sp³-hybridized carbons (Fsp3) is 0.435. The maximum Gasteiger partial charge on any atom is 0.179 e. The highest BCUT2D eigenvalue weighted by Gasteiger charge is 2.23. The first-order valence-electron chi connectivity index (χ1n) is 10.0. The Bertz CT molecular complexity index is 770. The Hall–Kier alpha value is -2.51. The maximum atomic E-state index is 9.04. The molecule has 1 saturated heterocycles. The van der Waals surface area contributed by atoms with Gasteiger partial charge in [-0.1, -0.05) is 43.3 Å². The van der Waals surface area contributed by atoms with E-state index in [4.69, 9.17) is 5.26 Å². The van der Waals surface area contributed by atoms with Gasteiger partial charge in [0, 0.05) is 50.6 Å². The molecule has 0 bridgehead atoms. The summed E-state index contributed by atoms with van der Waals surface area (Å²) in [5.74, 6) is 0.554. The van der Waals surface area contributed by atoms with E-state index >= 15 is 0 Å². The number of nitrogens with zero attached hydrogens (tertiary/aromatic N) is 4. The molecule has 140 valence electrons. The van der Waals surface area contributed by atoms with Crippen LogP contribution in [0.3, 0.4) is 0 Å². The maximum absolute atomic E-state index is 9.04. The first kappa shape index (κ1) is 17.9. The molecule has 1 atom stereocenters. The monoisotopic (exact) mass is 360 g/mol. The van der Waals surface area contributed by atoms with Crippen LogP contribution in [-0.4, -0.2) is 49.1 Å². The van der Waals surface area contributed by atoms with Crippen LogP contribution in [0.2, 0.25) is 0 Å². The molecule has 2 aliphatic rings. The van der Waals surface area contributed by atoms with E-state index < -0.39 is 0 Å². The highest BCUT2D eigenvalue weighted by Crippen LogP contribution is 2.36. The molecule has 0 radical (unpaired) electrons. The van der Waals surface area contributed by atoms with Gasteiger partial charge in [0.1, 0.15) is 0 Å². The average Bonchev–Trinajstić information content (AvgIpc) is 2.86. The summed E-state index contributed by atoms with van der Waals surface area (Å²) >= 11 is 0. The van der Waals surface area contributed by atoms with Gasteiger partial charge in [-0.2, -0.15) is 5.26 Å². The van der Waals surface area contributed by atoms with Crippen LogP contribution in [-0.2, 0) is 12.8 Å². The molecular formula is C23H28N4. The number of piperazine rings is 1. The molecule has 1 fully saturated rings. The first-order valence-corrected chi connectivity index (χ1v) is 10.0. The van der Waals surface area contributed by atoms with Gasteiger partial charge in [0.25, 0.3) is 0 Å². The van der Waals surface area contributed by atoms with E-state index in [2.05, 4.69) is 71.4 Å². The van der Waals surface area contributed by atoms with Crippen molar-refractivity contribution in [3.05, 3.63) is 59.7 Å². The van der Waals surface area contributed by atoms with E-state index in [1.54, 1.807) is 0 Å². The number of para-hydroxylation sites is 2. The molecule has 27 heavy (non-hydrogen) atoms. The summed E-state index contributed by atoms with van der Waals surface area (Å²) in [5.41, 5.74) is 5.62. The zero-order valence-corrected chi connectivity index (χ0v) is 16.1. The Kier molecular flexibility index (Phi) is 5.31. The number of nitriles is 1. The molecule has 2 aromatic rings. The molecule has 4 heteroatoms. The van der Waals surface area contributed by atoms with Crippen LogP contribution >= 0.6 is 0 Å². The summed E-state index contributed by atoms with van der Waals surface area (Å²) in [4.78, 5) is 6.91. The minimum absolute atomic E-state index is 0.554. The lowest BCUT2D eigenvalue weighted by molar-refractivity contribution is 0.157. The van der Waals surface area contributed by atoms with Gasteiger partial charge in [0.15, 0.2) is 6.19 Å². The molecular weight excluding hydrogens is 332 g/mol. The number of hydrogen-bond acceptors (Lipinski definition) is 4. The lowest BCUT2D eigenvalue weighted by Crippen LogP contribution is -2.46. The summed E-state index contributed by atoms with van der Waals surface area (Å²) < 4.78 is 0. The minimum atomic E-state index is 0.554. The van der Waals surface area contributed by atoms with Crippen LogP contribution < -0.4 is 4.90 Å². The standard InChI is InChI=1S/C23H28N4/c1-19(16-25-12-14-26(18-24)15-13-25)17-27-22-8-4-2-6-20(22)10-11-21-7-3-5-9-23(21)27/h2-9,19H,10-17H2,1H3. The van der Waals surface area contributed by atoms with Gasteiger partial charge in [-0.15, -0.1) is 0 Å². The van der Waals surface area contributed by atoms with E-state index in [9.17, 15) is 0 Å². The van der Waals surface area contributed by atoms with Gasteiger partial charge in [0.05, 0.1) is 0 Å². The van der Waals surface area contributed by atoms with E-state index in [-0.39, 0.29) is 0 Å². The predicted octanol–water partition coefficient (Wildman–Crippen LogP) is 3.66. The van der Waals surface area contributed by atoms with E-state index in [0.29, 0.717) is 5.92 Å². The molecule has 0 spiro atoms. The molecule has 0 aromatic heterocycles. The van der Waals surface area contributed by atoms with E-state index in [0.717, 1.165) is 52.1 Å². The topological polar surface area (TPSA) is 33.5 Å². The Morgan fingerprint density at radius 2 is 1.41 bits per heavy atom. The fourth-order valence-corrected chi connectivity index (χ4v) is 4.41. The van der Waals surface area contributed by atoms with Crippen molar-refractivity contribution in [2.45, 2.75) is 19.8 Å². The Morgan fingerprint density at radius 1 is 0.852 bits per heavy atom. The van der Waals surface area contributed by atoms with E-state index in [1.807, 2.05) is 4.90 Å². The first-order chi connectivity index (χ1) is 13.2. The molecule has 0 saturated carbocycles.